The van der Waals surface area contributed by atoms with Crippen LogP contribution < -0.4 is 5.32 Å². The summed E-state index contributed by atoms with van der Waals surface area (Å²) in [4.78, 5) is 7.01. The molecule has 1 heterocycles. The lowest BCUT2D eigenvalue weighted by Gasteiger charge is -2.26. The van der Waals surface area contributed by atoms with E-state index in [0.717, 1.165) is 31.5 Å². The van der Waals surface area contributed by atoms with Crippen molar-refractivity contribution in [3.63, 3.8) is 0 Å². The molecule has 78 valence electrons. The highest BCUT2D eigenvalue weighted by Crippen LogP contribution is 2.18. The van der Waals surface area contributed by atoms with Crippen LogP contribution in [0.4, 0.5) is 0 Å². The third-order valence-electron chi connectivity index (χ3n) is 2.78. The van der Waals surface area contributed by atoms with Gasteiger partial charge in [-0.2, -0.15) is 0 Å². The summed E-state index contributed by atoms with van der Waals surface area (Å²) in [6.07, 6.45) is 7.55. The van der Waals surface area contributed by atoms with Crippen molar-refractivity contribution in [2.45, 2.75) is 44.4 Å². The van der Waals surface area contributed by atoms with Gasteiger partial charge in [0.2, 0.25) is 0 Å². The molecular weight excluding hydrogens is 178 g/mol. The minimum absolute atomic E-state index is 0.108. The maximum Gasteiger partial charge on any atom is 0.0922 e. The Morgan fingerprint density at radius 1 is 1.57 bits per heavy atom. The van der Waals surface area contributed by atoms with Gasteiger partial charge in [0.05, 0.1) is 12.4 Å². The summed E-state index contributed by atoms with van der Waals surface area (Å²) in [7, 11) is 0. The summed E-state index contributed by atoms with van der Waals surface area (Å²) in [5.74, 6) is 0. The second-order valence-corrected chi connectivity index (χ2v) is 3.98. The van der Waals surface area contributed by atoms with Crippen molar-refractivity contribution in [2.75, 3.05) is 0 Å². The number of aliphatic hydroxyl groups is 1. The molecule has 2 rings (SSSR count). The average Bonchev–Trinajstić information content (AvgIpc) is 2.67. The normalized spacial score (nSPS) is 27.8. The predicted molar refractivity (Wildman–Crippen MR) is 53.7 cm³/mol. The first-order valence-corrected chi connectivity index (χ1v) is 5.23. The molecule has 4 nitrogen and oxygen atoms in total. The monoisotopic (exact) mass is 195 g/mol. The Morgan fingerprint density at radius 2 is 2.50 bits per heavy atom. The lowest BCUT2D eigenvalue weighted by atomic mass is 9.93. The van der Waals surface area contributed by atoms with Crippen LogP contribution in [0.2, 0.25) is 0 Å². The summed E-state index contributed by atoms with van der Waals surface area (Å²) >= 11 is 0. The molecule has 3 N–H and O–H groups in total. The Kier molecular flexibility index (Phi) is 3.16. The van der Waals surface area contributed by atoms with Gasteiger partial charge < -0.3 is 15.4 Å². The average molecular weight is 195 g/mol. The van der Waals surface area contributed by atoms with Crippen LogP contribution in [0, 0.1) is 0 Å². The largest absolute Gasteiger partial charge is 0.393 e. The molecule has 1 saturated carbocycles. The minimum atomic E-state index is -0.108. The number of rotatable bonds is 3. The number of nitrogens with one attached hydrogen (secondary N) is 2. The molecule has 1 aromatic heterocycles. The van der Waals surface area contributed by atoms with Gasteiger partial charge in [-0.15, -0.1) is 0 Å². The molecule has 2 atom stereocenters. The number of hydrogen-bond donors (Lipinski definition) is 3. The Hall–Kier alpha value is -0.870. The van der Waals surface area contributed by atoms with E-state index in [2.05, 4.69) is 15.3 Å². The summed E-state index contributed by atoms with van der Waals surface area (Å²) in [6, 6.07) is 0.460. The van der Waals surface area contributed by atoms with Gasteiger partial charge in [0.1, 0.15) is 0 Å². The van der Waals surface area contributed by atoms with Gasteiger partial charge in [-0.05, 0) is 25.7 Å². The fourth-order valence-corrected chi connectivity index (χ4v) is 1.99. The van der Waals surface area contributed by atoms with E-state index in [1.54, 1.807) is 6.33 Å². The molecule has 0 bridgehead atoms. The number of aromatic amines is 1. The van der Waals surface area contributed by atoms with Gasteiger partial charge in [0, 0.05) is 24.5 Å². The predicted octanol–water partition coefficient (Wildman–Crippen LogP) is 0.803. The van der Waals surface area contributed by atoms with Crippen molar-refractivity contribution < 1.29 is 5.11 Å². The number of H-pyrrole nitrogens is 1. The van der Waals surface area contributed by atoms with Gasteiger partial charge in [-0.3, -0.25) is 0 Å². The lowest BCUT2D eigenvalue weighted by Crippen LogP contribution is -2.35. The molecule has 0 saturated heterocycles. The number of aromatic nitrogens is 2. The zero-order chi connectivity index (χ0) is 9.80. The summed E-state index contributed by atoms with van der Waals surface area (Å²) in [5, 5.41) is 12.9. The quantitative estimate of drug-likeness (QED) is 0.668. The first kappa shape index (κ1) is 9.68. The lowest BCUT2D eigenvalue weighted by molar-refractivity contribution is 0.111. The first-order valence-electron chi connectivity index (χ1n) is 5.23. The first-order chi connectivity index (χ1) is 6.84. The Balaban J connectivity index is 1.75. The van der Waals surface area contributed by atoms with E-state index >= 15 is 0 Å². The molecule has 1 aliphatic carbocycles. The Bertz CT molecular complexity index is 260. The van der Waals surface area contributed by atoms with Crippen LogP contribution >= 0.6 is 0 Å². The summed E-state index contributed by atoms with van der Waals surface area (Å²) in [6.45, 7) is 0.817. The van der Waals surface area contributed by atoms with Crippen molar-refractivity contribution in [2.24, 2.45) is 0 Å². The molecule has 1 aliphatic rings. The zero-order valence-corrected chi connectivity index (χ0v) is 8.24. The highest BCUT2D eigenvalue weighted by atomic mass is 16.3. The van der Waals surface area contributed by atoms with Crippen LogP contribution in [0.25, 0.3) is 0 Å². The number of imidazole rings is 1. The van der Waals surface area contributed by atoms with Crippen LogP contribution in [0.1, 0.15) is 31.4 Å². The third kappa shape index (κ3) is 2.56. The number of hydrogen-bond acceptors (Lipinski definition) is 3. The van der Waals surface area contributed by atoms with Gasteiger partial charge in [-0.1, -0.05) is 0 Å². The Morgan fingerprint density at radius 3 is 3.21 bits per heavy atom. The van der Waals surface area contributed by atoms with Crippen molar-refractivity contribution in [3.8, 4) is 0 Å². The number of nitrogens with zero attached hydrogens (tertiary/aromatic N) is 1. The zero-order valence-electron chi connectivity index (χ0n) is 8.24. The molecule has 1 fully saturated rings. The van der Waals surface area contributed by atoms with Crippen LogP contribution in [-0.4, -0.2) is 27.2 Å². The van der Waals surface area contributed by atoms with Crippen LogP contribution in [0.3, 0.4) is 0 Å². The molecule has 0 aromatic carbocycles. The topological polar surface area (TPSA) is 60.9 Å². The fraction of sp³-hybridized carbons (Fsp3) is 0.700. The van der Waals surface area contributed by atoms with Crippen molar-refractivity contribution >= 4 is 0 Å². The fourth-order valence-electron chi connectivity index (χ4n) is 1.99. The molecule has 0 radical (unpaired) electrons. The van der Waals surface area contributed by atoms with E-state index < -0.39 is 0 Å². The highest BCUT2D eigenvalue weighted by Gasteiger charge is 2.19. The molecular formula is C10H17N3O. The van der Waals surface area contributed by atoms with Crippen molar-refractivity contribution in [1.82, 2.24) is 15.3 Å². The Labute approximate surface area is 83.8 Å². The van der Waals surface area contributed by atoms with Crippen molar-refractivity contribution in [1.29, 1.82) is 0 Å². The minimum Gasteiger partial charge on any atom is -0.393 e. The van der Waals surface area contributed by atoms with E-state index in [9.17, 15) is 5.11 Å². The van der Waals surface area contributed by atoms with E-state index in [0.29, 0.717) is 6.04 Å². The van der Waals surface area contributed by atoms with E-state index in [-0.39, 0.29) is 6.10 Å². The molecule has 14 heavy (non-hydrogen) atoms. The third-order valence-corrected chi connectivity index (χ3v) is 2.78. The van der Waals surface area contributed by atoms with Crippen LogP contribution in [-0.2, 0) is 6.54 Å². The smallest absolute Gasteiger partial charge is 0.0922 e. The van der Waals surface area contributed by atoms with Gasteiger partial charge >= 0.3 is 0 Å². The van der Waals surface area contributed by atoms with Crippen LogP contribution in [0.15, 0.2) is 12.5 Å². The summed E-state index contributed by atoms with van der Waals surface area (Å²) < 4.78 is 0. The van der Waals surface area contributed by atoms with Crippen molar-refractivity contribution in [3.05, 3.63) is 18.2 Å². The standard InChI is InChI=1S/C10H17N3O/c14-10-3-1-2-8(4-10)12-6-9-5-11-7-13-9/h5,7-8,10,12,14H,1-4,6H2,(H,11,13). The second-order valence-electron chi connectivity index (χ2n) is 3.98. The SMILES string of the molecule is OC1CCCC(NCc2cnc[nH]2)C1. The molecule has 2 unspecified atom stereocenters. The maximum atomic E-state index is 9.48. The highest BCUT2D eigenvalue weighted by molar-refractivity contribution is 4.94. The molecule has 0 spiro atoms. The molecule has 4 heteroatoms. The molecule has 1 aromatic rings. The van der Waals surface area contributed by atoms with Gasteiger partial charge in [-0.25, -0.2) is 4.98 Å². The van der Waals surface area contributed by atoms with Gasteiger partial charge in [0.25, 0.3) is 0 Å². The van der Waals surface area contributed by atoms with Gasteiger partial charge in [0.15, 0.2) is 0 Å². The second kappa shape index (κ2) is 4.57. The maximum absolute atomic E-state index is 9.48. The van der Waals surface area contributed by atoms with E-state index in [4.69, 9.17) is 0 Å². The number of aliphatic hydroxyl groups excluding tert-OH is 1. The van der Waals surface area contributed by atoms with Crippen LogP contribution in [0.5, 0.6) is 0 Å². The molecule has 0 aliphatic heterocycles. The molecule has 0 amide bonds. The van der Waals surface area contributed by atoms with E-state index in [1.165, 1.54) is 6.42 Å². The summed E-state index contributed by atoms with van der Waals surface area (Å²) in [5.41, 5.74) is 1.10. The van der Waals surface area contributed by atoms with E-state index in [1.807, 2.05) is 6.20 Å².